The maximum Gasteiger partial charge on any atom is 0.224 e. The van der Waals surface area contributed by atoms with E-state index < -0.39 is 0 Å². The van der Waals surface area contributed by atoms with Crippen LogP contribution in [0.25, 0.3) is 55.6 Å². The normalized spacial score (nSPS) is 14.1. The molecule has 198 valence electrons. The van der Waals surface area contributed by atoms with E-state index in [1.807, 2.05) is 42.9 Å². The van der Waals surface area contributed by atoms with Crippen LogP contribution in [-0.4, -0.2) is 54.1 Å². The Morgan fingerprint density at radius 2 is 1.75 bits per heavy atom. The lowest BCUT2D eigenvalue weighted by atomic mass is 9.94. The first-order valence-corrected chi connectivity index (χ1v) is 13.4. The second kappa shape index (κ2) is 10.3. The van der Waals surface area contributed by atoms with Gasteiger partial charge in [0.25, 0.3) is 0 Å². The van der Waals surface area contributed by atoms with Gasteiger partial charge in [0.2, 0.25) is 5.91 Å². The summed E-state index contributed by atoms with van der Waals surface area (Å²) in [6, 6.07) is 10.0. The Bertz CT molecular complexity index is 1820. The second-order valence-corrected chi connectivity index (χ2v) is 10.2. The van der Waals surface area contributed by atoms with E-state index in [4.69, 9.17) is 0 Å². The first kappa shape index (κ1) is 24.1. The molecule has 0 saturated carbocycles. The molecule has 0 atom stereocenters. The number of amides is 1. The zero-order valence-electron chi connectivity index (χ0n) is 21.7. The highest BCUT2D eigenvalue weighted by Crippen LogP contribution is 2.34. The van der Waals surface area contributed by atoms with Gasteiger partial charge >= 0.3 is 0 Å². The highest BCUT2D eigenvalue weighted by atomic mass is 16.1. The Morgan fingerprint density at radius 3 is 2.62 bits per heavy atom. The van der Waals surface area contributed by atoms with Crippen molar-refractivity contribution in [3.8, 4) is 33.6 Å². The third-order valence-corrected chi connectivity index (χ3v) is 7.49. The van der Waals surface area contributed by atoms with Crippen molar-refractivity contribution in [2.45, 2.75) is 19.3 Å². The van der Waals surface area contributed by atoms with Crippen molar-refractivity contribution in [1.82, 2.24) is 40.4 Å². The fraction of sp³-hybridized carbons (Fsp3) is 0.200. The maximum atomic E-state index is 12.7. The SMILES string of the molecule is O=C(CC1CCNCC1)Nc1cncc(-c2cnc3n[nH]c(-c4cc5c(-c6cccnc6)cncc5[nH]4)c3c2)c1. The van der Waals surface area contributed by atoms with Gasteiger partial charge < -0.3 is 15.6 Å². The molecule has 0 spiro atoms. The molecule has 40 heavy (non-hydrogen) atoms. The Hall–Kier alpha value is -4.96. The summed E-state index contributed by atoms with van der Waals surface area (Å²) in [6.07, 6.45) is 15.1. The van der Waals surface area contributed by atoms with Crippen LogP contribution in [-0.2, 0) is 4.79 Å². The van der Waals surface area contributed by atoms with Crippen molar-refractivity contribution in [1.29, 1.82) is 0 Å². The first-order chi connectivity index (χ1) is 19.7. The number of rotatable bonds is 6. The van der Waals surface area contributed by atoms with Gasteiger partial charge in [-0.15, -0.1) is 0 Å². The molecular weight excluding hydrogens is 502 g/mol. The van der Waals surface area contributed by atoms with Crippen LogP contribution in [0.2, 0.25) is 0 Å². The van der Waals surface area contributed by atoms with Crippen molar-refractivity contribution in [3.63, 3.8) is 0 Å². The highest BCUT2D eigenvalue weighted by molar-refractivity contribution is 6.00. The summed E-state index contributed by atoms with van der Waals surface area (Å²) in [5.41, 5.74) is 7.66. The average molecular weight is 530 g/mol. The van der Waals surface area contributed by atoms with E-state index in [9.17, 15) is 4.79 Å². The van der Waals surface area contributed by atoms with E-state index in [0.717, 1.165) is 75.9 Å². The Kier molecular flexibility index (Phi) is 6.21. The van der Waals surface area contributed by atoms with Crippen molar-refractivity contribution in [2.75, 3.05) is 18.4 Å². The number of aromatic nitrogens is 7. The van der Waals surface area contributed by atoms with Crippen molar-refractivity contribution >= 4 is 33.5 Å². The number of carbonyl (C=O) groups is 1. The number of aromatic amines is 2. The van der Waals surface area contributed by atoms with E-state index in [1.165, 1.54) is 0 Å². The molecule has 0 unspecified atom stereocenters. The number of H-pyrrole nitrogens is 2. The molecule has 1 aliphatic rings. The number of piperidine rings is 1. The van der Waals surface area contributed by atoms with Gasteiger partial charge in [-0.25, -0.2) is 4.98 Å². The van der Waals surface area contributed by atoms with Crippen molar-refractivity contribution in [3.05, 3.63) is 73.7 Å². The Labute approximate surface area is 229 Å². The van der Waals surface area contributed by atoms with Gasteiger partial charge in [0.1, 0.15) is 0 Å². The number of hydrogen-bond acceptors (Lipinski definition) is 7. The van der Waals surface area contributed by atoms with Crippen LogP contribution >= 0.6 is 0 Å². The number of carbonyl (C=O) groups excluding carboxylic acids is 1. The van der Waals surface area contributed by atoms with Gasteiger partial charge in [-0.3, -0.25) is 24.8 Å². The predicted octanol–water partition coefficient (Wildman–Crippen LogP) is 4.95. The summed E-state index contributed by atoms with van der Waals surface area (Å²) in [7, 11) is 0. The average Bonchev–Trinajstić information content (AvgIpc) is 3.62. The number of nitrogens with one attached hydrogen (secondary N) is 4. The standard InChI is InChI=1S/C30H27N9O/c40-28(8-18-3-6-31-7-4-18)36-22-9-20(13-33-15-22)21-10-24-29(38-39-30(24)35-14-21)26-11-23-25(16-34-17-27(23)37-26)19-2-1-5-32-12-19/h1-2,5,9-18,31,37H,3-4,6-8H2,(H,36,40)(H,35,38,39). The van der Waals surface area contributed by atoms with Crippen LogP contribution in [0.5, 0.6) is 0 Å². The molecule has 1 fully saturated rings. The summed E-state index contributed by atoms with van der Waals surface area (Å²) in [5, 5.41) is 15.9. The summed E-state index contributed by atoms with van der Waals surface area (Å²) < 4.78 is 0. The van der Waals surface area contributed by atoms with Crippen LogP contribution in [0, 0.1) is 5.92 Å². The zero-order valence-corrected chi connectivity index (χ0v) is 21.7. The zero-order chi connectivity index (χ0) is 26.9. The van der Waals surface area contributed by atoms with Gasteiger partial charge in [-0.1, -0.05) is 6.07 Å². The lowest BCUT2D eigenvalue weighted by Gasteiger charge is -2.21. The van der Waals surface area contributed by atoms with Crippen molar-refractivity contribution in [2.24, 2.45) is 5.92 Å². The molecule has 10 heteroatoms. The minimum atomic E-state index is 0.0236. The van der Waals surface area contributed by atoms with Crippen LogP contribution in [0.15, 0.2) is 73.7 Å². The number of hydrogen-bond donors (Lipinski definition) is 4. The largest absolute Gasteiger partial charge is 0.352 e. The molecule has 6 aromatic rings. The highest BCUT2D eigenvalue weighted by Gasteiger charge is 2.18. The van der Waals surface area contributed by atoms with Gasteiger partial charge in [0.05, 0.1) is 35.0 Å². The molecule has 7 rings (SSSR count). The van der Waals surface area contributed by atoms with Gasteiger partial charge in [0, 0.05) is 70.4 Å². The Balaban J connectivity index is 1.19. The molecule has 1 aliphatic heterocycles. The predicted molar refractivity (Wildman–Crippen MR) is 154 cm³/mol. The summed E-state index contributed by atoms with van der Waals surface area (Å²) in [4.78, 5) is 33.8. The fourth-order valence-corrected chi connectivity index (χ4v) is 5.43. The van der Waals surface area contributed by atoms with E-state index in [2.05, 4.69) is 51.8 Å². The van der Waals surface area contributed by atoms with Crippen LogP contribution in [0.3, 0.4) is 0 Å². The van der Waals surface area contributed by atoms with Crippen LogP contribution in [0.4, 0.5) is 5.69 Å². The molecular formula is C30H27N9O. The topological polar surface area (TPSA) is 137 Å². The third-order valence-electron chi connectivity index (χ3n) is 7.49. The van der Waals surface area contributed by atoms with E-state index in [1.54, 1.807) is 24.8 Å². The van der Waals surface area contributed by atoms with E-state index >= 15 is 0 Å². The van der Waals surface area contributed by atoms with Crippen LogP contribution in [0.1, 0.15) is 19.3 Å². The van der Waals surface area contributed by atoms with E-state index in [-0.39, 0.29) is 5.91 Å². The fourth-order valence-electron chi connectivity index (χ4n) is 5.43. The molecule has 0 bridgehead atoms. The quantitative estimate of drug-likeness (QED) is 0.239. The third kappa shape index (κ3) is 4.69. The molecule has 0 aromatic carbocycles. The maximum absolute atomic E-state index is 12.7. The molecule has 6 aromatic heterocycles. The van der Waals surface area contributed by atoms with Gasteiger partial charge in [0.15, 0.2) is 5.65 Å². The van der Waals surface area contributed by atoms with E-state index in [0.29, 0.717) is 23.7 Å². The smallest absolute Gasteiger partial charge is 0.224 e. The molecule has 4 N–H and O–H groups in total. The van der Waals surface area contributed by atoms with Gasteiger partial charge in [-0.2, -0.15) is 5.10 Å². The lowest BCUT2D eigenvalue weighted by Crippen LogP contribution is -2.30. The molecule has 0 radical (unpaired) electrons. The monoisotopic (exact) mass is 529 g/mol. The number of fused-ring (bicyclic) bond motifs is 2. The first-order valence-electron chi connectivity index (χ1n) is 13.4. The van der Waals surface area contributed by atoms with Crippen LogP contribution < -0.4 is 10.6 Å². The second-order valence-electron chi connectivity index (χ2n) is 10.2. The van der Waals surface area contributed by atoms with Crippen molar-refractivity contribution < 1.29 is 4.79 Å². The molecule has 7 heterocycles. The van der Waals surface area contributed by atoms with Gasteiger partial charge in [-0.05, 0) is 56.1 Å². The minimum absolute atomic E-state index is 0.0236. The summed E-state index contributed by atoms with van der Waals surface area (Å²) >= 11 is 0. The number of nitrogens with zero attached hydrogens (tertiary/aromatic N) is 5. The number of anilines is 1. The lowest BCUT2D eigenvalue weighted by molar-refractivity contribution is -0.117. The molecule has 1 amide bonds. The number of pyridine rings is 4. The summed E-state index contributed by atoms with van der Waals surface area (Å²) in [6.45, 7) is 1.95. The minimum Gasteiger partial charge on any atom is -0.352 e. The molecule has 0 aliphatic carbocycles. The molecule has 1 saturated heterocycles. The summed E-state index contributed by atoms with van der Waals surface area (Å²) in [5.74, 6) is 0.444. The Morgan fingerprint density at radius 1 is 0.900 bits per heavy atom. The molecule has 10 nitrogen and oxygen atoms in total.